The van der Waals surface area contributed by atoms with Gasteiger partial charge in [-0.15, -0.1) is 10.2 Å². The van der Waals surface area contributed by atoms with E-state index < -0.39 is 0 Å². The predicted octanol–water partition coefficient (Wildman–Crippen LogP) is 2.23. The first-order valence-corrected chi connectivity index (χ1v) is 11.6. The molecule has 1 aliphatic carbocycles. The summed E-state index contributed by atoms with van der Waals surface area (Å²) in [6, 6.07) is 0.204. The number of hydrogen-bond donors (Lipinski definition) is 2. The summed E-state index contributed by atoms with van der Waals surface area (Å²) >= 11 is 0. The number of carbonyl (C=O) groups is 1. The number of nitrogens with one attached hydrogen (secondary N) is 2. The normalized spacial score (nSPS) is 22.2. The molecule has 3 aliphatic rings. The van der Waals surface area contributed by atoms with E-state index >= 15 is 0 Å². The Bertz CT molecular complexity index is 882. The van der Waals surface area contributed by atoms with E-state index in [0.29, 0.717) is 12.3 Å². The van der Waals surface area contributed by atoms with Crippen LogP contribution in [0.1, 0.15) is 79.5 Å². The molecule has 8 nitrogen and oxygen atoms in total. The Morgan fingerprint density at radius 3 is 2.87 bits per heavy atom. The third kappa shape index (κ3) is 4.15. The fourth-order valence-electron chi connectivity index (χ4n) is 5.20. The largest absolute Gasteiger partial charge is 0.381 e. The van der Waals surface area contributed by atoms with Crippen LogP contribution in [0, 0.1) is 0 Å². The molecule has 1 unspecified atom stereocenters. The standard InChI is InChI=1S/C22H32N6O2/c29-21(8-6-19-17-3-1-2-4-18(17)24-25-19)23-16-5-7-20-26-27-22(28(20)12-9-16)15-10-13-30-14-11-15/h15-16H,1-14H2,(H,23,29)(H,24,25). The number of amides is 1. The summed E-state index contributed by atoms with van der Waals surface area (Å²) in [6.45, 7) is 2.50. The molecule has 8 heteroatoms. The fraction of sp³-hybridized carbons (Fsp3) is 0.727. The molecule has 0 saturated carbocycles. The minimum absolute atomic E-state index is 0.134. The molecule has 1 fully saturated rings. The highest BCUT2D eigenvalue weighted by Crippen LogP contribution is 2.28. The molecule has 2 aromatic rings. The average Bonchev–Trinajstić information content (AvgIpc) is 3.33. The Kier molecular flexibility index (Phi) is 5.84. The molecule has 1 amide bonds. The summed E-state index contributed by atoms with van der Waals surface area (Å²) in [5.41, 5.74) is 3.74. The zero-order valence-corrected chi connectivity index (χ0v) is 17.7. The summed E-state index contributed by atoms with van der Waals surface area (Å²) in [5, 5.41) is 19.9. The summed E-state index contributed by atoms with van der Waals surface area (Å²) in [5.74, 6) is 2.76. The molecule has 2 aliphatic heterocycles. The second kappa shape index (κ2) is 8.88. The summed E-state index contributed by atoms with van der Waals surface area (Å²) in [4.78, 5) is 12.6. The third-order valence-electron chi connectivity index (χ3n) is 6.96. The van der Waals surface area contributed by atoms with Crippen molar-refractivity contribution in [2.75, 3.05) is 13.2 Å². The lowest BCUT2D eigenvalue weighted by Crippen LogP contribution is -2.35. The van der Waals surface area contributed by atoms with Crippen molar-refractivity contribution in [2.24, 2.45) is 0 Å². The Morgan fingerprint density at radius 1 is 1.10 bits per heavy atom. The Balaban J connectivity index is 1.14. The van der Waals surface area contributed by atoms with Crippen molar-refractivity contribution in [3.05, 3.63) is 28.6 Å². The summed E-state index contributed by atoms with van der Waals surface area (Å²) in [7, 11) is 0. The quantitative estimate of drug-likeness (QED) is 0.785. The van der Waals surface area contributed by atoms with E-state index in [0.717, 1.165) is 88.5 Å². The second-order valence-corrected chi connectivity index (χ2v) is 8.94. The van der Waals surface area contributed by atoms with Crippen LogP contribution in [0.2, 0.25) is 0 Å². The minimum Gasteiger partial charge on any atom is -0.381 e. The molecule has 2 aromatic heterocycles. The van der Waals surface area contributed by atoms with Crippen molar-refractivity contribution in [3.8, 4) is 0 Å². The van der Waals surface area contributed by atoms with Crippen LogP contribution in [0.25, 0.3) is 0 Å². The van der Waals surface area contributed by atoms with Crippen molar-refractivity contribution < 1.29 is 9.53 Å². The van der Waals surface area contributed by atoms with Crippen molar-refractivity contribution in [2.45, 2.75) is 89.1 Å². The van der Waals surface area contributed by atoms with Crippen molar-refractivity contribution >= 4 is 5.91 Å². The molecule has 0 bridgehead atoms. The number of aromatic nitrogens is 5. The van der Waals surface area contributed by atoms with Crippen LogP contribution in [-0.4, -0.2) is 50.1 Å². The van der Waals surface area contributed by atoms with Gasteiger partial charge >= 0.3 is 0 Å². The topological polar surface area (TPSA) is 97.7 Å². The van der Waals surface area contributed by atoms with Crippen molar-refractivity contribution in [1.82, 2.24) is 30.3 Å². The Hall–Kier alpha value is -2.22. The van der Waals surface area contributed by atoms with Gasteiger partial charge in [-0.05, 0) is 56.9 Å². The minimum atomic E-state index is 0.134. The van der Waals surface area contributed by atoms with Crippen LogP contribution >= 0.6 is 0 Å². The van der Waals surface area contributed by atoms with Gasteiger partial charge < -0.3 is 14.6 Å². The van der Waals surface area contributed by atoms with Gasteiger partial charge in [0.15, 0.2) is 0 Å². The number of rotatable bonds is 5. The highest BCUT2D eigenvalue weighted by atomic mass is 16.5. The van der Waals surface area contributed by atoms with Gasteiger partial charge in [-0.2, -0.15) is 5.10 Å². The lowest BCUT2D eigenvalue weighted by Gasteiger charge is -2.22. The van der Waals surface area contributed by atoms with Crippen LogP contribution in [0.15, 0.2) is 0 Å². The second-order valence-electron chi connectivity index (χ2n) is 8.94. The molecule has 1 atom stereocenters. The monoisotopic (exact) mass is 412 g/mol. The van der Waals surface area contributed by atoms with Crippen molar-refractivity contribution in [1.29, 1.82) is 0 Å². The van der Waals surface area contributed by atoms with Crippen LogP contribution < -0.4 is 5.32 Å². The first-order valence-electron chi connectivity index (χ1n) is 11.6. The first kappa shape index (κ1) is 19.7. The lowest BCUT2D eigenvalue weighted by atomic mass is 9.94. The molecule has 0 spiro atoms. The maximum Gasteiger partial charge on any atom is 0.220 e. The number of hydrogen-bond acceptors (Lipinski definition) is 5. The molecule has 0 aromatic carbocycles. The van der Waals surface area contributed by atoms with E-state index in [1.807, 2.05) is 0 Å². The SMILES string of the molecule is O=C(CCc1n[nH]c2c1CCCC2)NC1CCc2nnc(C3CCOCC3)n2CC1. The zero-order valence-electron chi connectivity index (χ0n) is 17.7. The van der Waals surface area contributed by atoms with E-state index in [4.69, 9.17) is 4.74 Å². The van der Waals surface area contributed by atoms with E-state index in [1.54, 1.807) is 0 Å². The third-order valence-corrected chi connectivity index (χ3v) is 6.96. The number of ether oxygens (including phenoxy) is 1. The number of fused-ring (bicyclic) bond motifs is 2. The molecule has 162 valence electrons. The van der Waals surface area contributed by atoms with Crippen LogP contribution in [0.4, 0.5) is 0 Å². The van der Waals surface area contributed by atoms with E-state index in [1.165, 1.54) is 24.1 Å². The molecule has 5 rings (SSSR count). The van der Waals surface area contributed by atoms with Crippen LogP contribution in [0.5, 0.6) is 0 Å². The van der Waals surface area contributed by atoms with E-state index in [-0.39, 0.29) is 11.9 Å². The summed E-state index contributed by atoms with van der Waals surface area (Å²) < 4.78 is 7.80. The Morgan fingerprint density at radius 2 is 1.97 bits per heavy atom. The van der Waals surface area contributed by atoms with Gasteiger partial charge in [0.25, 0.3) is 0 Å². The smallest absolute Gasteiger partial charge is 0.220 e. The van der Waals surface area contributed by atoms with E-state index in [9.17, 15) is 4.79 Å². The van der Waals surface area contributed by atoms with Gasteiger partial charge in [-0.25, -0.2) is 0 Å². The predicted molar refractivity (Wildman–Crippen MR) is 111 cm³/mol. The summed E-state index contributed by atoms with van der Waals surface area (Å²) in [6.07, 6.45) is 10.7. The molecule has 1 saturated heterocycles. The maximum atomic E-state index is 12.6. The number of carbonyl (C=O) groups excluding carboxylic acids is 1. The van der Waals surface area contributed by atoms with Crippen LogP contribution in [0.3, 0.4) is 0 Å². The number of nitrogens with zero attached hydrogens (tertiary/aromatic N) is 4. The highest BCUT2D eigenvalue weighted by Gasteiger charge is 2.27. The van der Waals surface area contributed by atoms with Gasteiger partial charge in [0.2, 0.25) is 5.91 Å². The average molecular weight is 413 g/mol. The molecular formula is C22H32N6O2. The van der Waals surface area contributed by atoms with E-state index in [2.05, 4.69) is 30.3 Å². The fourth-order valence-corrected chi connectivity index (χ4v) is 5.20. The Labute approximate surface area is 177 Å². The number of H-pyrrole nitrogens is 1. The highest BCUT2D eigenvalue weighted by molar-refractivity contribution is 5.76. The molecule has 2 N–H and O–H groups in total. The van der Waals surface area contributed by atoms with Gasteiger partial charge in [0.1, 0.15) is 11.6 Å². The first-order chi connectivity index (χ1) is 14.8. The number of aromatic amines is 1. The van der Waals surface area contributed by atoms with Gasteiger partial charge in [-0.3, -0.25) is 9.89 Å². The molecule has 0 radical (unpaired) electrons. The van der Waals surface area contributed by atoms with Gasteiger partial charge in [-0.1, -0.05) is 0 Å². The van der Waals surface area contributed by atoms with Crippen LogP contribution in [-0.2, 0) is 41.8 Å². The number of aryl methyl sites for hydroxylation is 3. The van der Waals surface area contributed by atoms with Crippen molar-refractivity contribution in [3.63, 3.8) is 0 Å². The molecular weight excluding hydrogens is 380 g/mol. The maximum absolute atomic E-state index is 12.6. The van der Waals surface area contributed by atoms with Gasteiger partial charge in [0, 0.05) is 56.7 Å². The molecule has 30 heavy (non-hydrogen) atoms. The lowest BCUT2D eigenvalue weighted by molar-refractivity contribution is -0.121. The van der Waals surface area contributed by atoms with Gasteiger partial charge in [0.05, 0.1) is 5.69 Å². The zero-order chi connectivity index (χ0) is 20.3. The molecule has 4 heterocycles.